The van der Waals surface area contributed by atoms with Crippen molar-refractivity contribution >= 4 is 18.4 Å². The van der Waals surface area contributed by atoms with Gasteiger partial charge in [0.15, 0.2) is 5.82 Å². The molecular weight excluding hydrogens is 248 g/mol. The Kier molecular flexibility index (Phi) is 3.88. The molecule has 0 saturated heterocycles. The first kappa shape index (κ1) is 12.5. The maximum Gasteiger partial charge on any atom is 0.216 e. The molecule has 0 atom stereocenters. The summed E-state index contributed by atoms with van der Waals surface area (Å²) in [4.78, 5) is 0. The molecule has 0 aliphatic rings. The Bertz CT molecular complexity index is 615. The van der Waals surface area contributed by atoms with Gasteiger partial charge in [0.1, 0.15) is 5.75 Å². The van der Waals surface area contributed by atoms with E-state index in [4.69, 9.17) is 17.0 Å². The van der Waals surface area contributed by atoms with E-state index < -0.39 is 0 Å². The maximum atomic E-state index is 5.25. The Morgan fingerprint density at radius 2 is 2.28 bits per heavy atom. The van der Waals surface area contributed by atoms with E-state index in [2.05, 4.69) is 15.3 Å². The number of aromatic amines is 1. The quantitative estimate of drug-likeness (QED) is 0.680. The summed E-state index contributed by atoms with van der Waals surface area (Å²) in [6, 6.07) is 7.66. The van der Waals surface area contributed by atoms with Crippen LogP contribution in [0.3, 0.4) is 0 Å². The molecule has 0 radical (unpaired) electrons. The Morgan fingerprint density at radius 1 is 1.50 bits per heavy atom. The summed E-state index contributed by atoms with van der Waals surface area (Å²) >= 11 is 5.12. The number of H-pyrrole nitrogens is 1. The van der Waals surface area contributed by atoms with Gasteiger partial charge in [-0.05, 0) is 24.4 Å². The molecule has 0 saturated carbocycles. The van der Waals surface area contributed by atoms with Crippen molar-refractivity contribution in [3.05, 3.63) is 40.4 Å². The highest BCUT2D eigenvalue weighted by atomic mass is 32.1. The Balaban J connectivity index is 2.35. The molecule has 1 heterocycles. The summed E-state index contributed by atoms with van der Waals surface area (Å²) in [5, 5.41) is 11.1. The minimum Gasteiger partial charge on any atom is -0.496 e. The van der Waals surface area contributed by atoms with E-state index >= 15 is 0 Å². The standard InChI is InChI=1S/C12H14N4OS/c1-3-11-14-15-12(18)16(11)13-8-9-6-4-5-7-10(9)17-2/h4-8H,3H2,1-2H3,(H,15,18)/b13-8+. The summed E-state index contributed by atoms with van der Waals surface area (Å²) in [5.74, 6) is 1.57. The molecule has 1 aromatic heterocycles. The minimum atomic E-state index is 0.484. The monoisotopic (exact) mass is 262 g/mol. The second-order valence-electron chi connectivity index (χ2n) is 3.60. The van der Waals surface area contributed by atoms with E-state index in [0.717, 1.165) is 23.6 Å². The van der Waals surface area contributed by atoms with Crippen LogP contribution in [-0.4, -0.2) is 28.2 Å². The topological polar surface area (TPSA) is 55.2 Å². The summed E-state index contributed by atoms with van der Waals surface area (Å²) in [6.07, 6.45) is 2.47. The van der Waals surface area contributed by atoms with Crippen LogP contribution in [0.5, 0.6) is 5.75 Å². The number of benzene rings is 1. The number of aryl methyl sites for hydroxylation is 1. The third-order valence-corrected chi connectivity index (χ3v) is 2.75. The van der Waals surface area contributed by atoms with Crippen molar-refractivity contribution in [2.24, 2.45) is 5.10 Å². The van der Waals surface area contributed by atoms with Gasteiger partial charge in [0.25, 0.3) is 0 Å². The Hall–Kier alpha value is -1.95. The number of hydrogen-bond donors (Lipinski definition) is 1. The largest absolute Gasteiger partial charge is 0.496 e. The molecule has 18 heavy (non-hydrogen) atoms. The highest BCUT2D eigenvalue weighted by molar-refractivity contribution is 7.71. The first-order valence-corrected chi connectivity index (χ1v) is 6.00. The molecule has 0 fully saturated rings. The van der Waals surface area contributed by atoms with Gasteiger partial charge in [-0.3, -0.25) is 5.10 Å². The Labute approximate surface area is 110 Å². The molecule has 0 spiro atoms. The SMILES string of the molecule is CCc1n[nH]c(=S)n1/N=C/c1ccccc1OC. The molecule has 6 heteroatoms. The fraction of sp³-hybridized carbons (Fsp3) is 0.250. The number of rotatable bonds is 4. The molecular formula is C12H14N4OS. The van der Waals surface area contributed by atoms with Crippen LogP contribution in [0.25, 0.3) is 0 Å². The van der Waals surface area contributed by atoms with Gasteiger partial charge in [0.05, 0.1) is 13.3 Å². The van der Waals surface area contributed by atoms with Crippen LogP contribution in [0.15, 0.2) is 29.4 Å². The second kappa shape index (κ2) is 5.59. The molecule has 2 aromatic rings. The van der Waals surface area contributed by atoms with E-state index in [0.29, 0.717) is 4.77 Å². The van der Waals surface area contributed by atoms with Crippen LogP contribution in [0.4, 0.5) is 0 Å². The number of aromatic nitrogens is 3. The summed E-state index contributed by atoms with van der Waals surface area (Å²) in [5.41, 5.74) is 0.894. The number of nitrogens with zero attached hydrogens (tertiary/aromatic N) is 3. The van der Waals surface area contributed by atoms with E-state index in [1.165, 1.54) is 0 Å². The van der Waals surface area contributed by atoms with Crippen molar-refractivity contribution in [2.45, 2.75) is 13.3 Å². The lowest BCUT2D eigenvalue weighted by Crippen LogP contribution is -1.98. The van der Waals surface area contributed by atoms with Crippen LogP contribution in [0, 0.1) is 4.77 Å². The van der Waals surface area contributed by atoms with Crippen LogP contribution >= 0.6 is 12.2 Å². The van der Waals surface area contributed by atoms with E-state index in [-0.39, 0.29) is 0 Å². The van der Waals surface area contributed by atoms with Gasteiger partial charge in [-0.1, -0.05) is 19.1 Å². The maximum absolute atomic E-state index is 5.25. The lowest BCUT2D eigenvalue weighted by atomic mass is 10.2. The third kappa shape index (κ3) is 2.48. The zero-order valence-electron chi connectivity index (χ0n) is 10.3. The highest BCUT2D eigenvalue weighted by Crippen LogP contribution is 2.14. The fourth-order valence-electron chi connectivity index (χ4n) is 1.57. The average Bonchev–Trinajstić information content (AvgIpc) is 2.77. The van der Waals surface area contributed by atoms with Gasteiger partial charge in [0.2, 0.25) is 4.77 Å². The molecule has 1 N–H and O–H groups in total. The molecule has 1 aromatic carbocycles. The van der Waals surface area contributed by atoms with Crippen molar-refractivity contribution in [3.63, 3.8) is 0 Å². The van der Waals surface area contributed by atoms with Crippen molar-refractivity contribution in [1.29, 1.82) is 0 Å². The molecule has 0 aliphatic heterocycles. The number of ether oxygens (including phenoxy) is 1. The van der Waals surface area contributed by atoms with Crippen LogP contribution in [0.2, 0.25) is 0 Å². The third-order valence-electron chi connectivity index (χ3n) is 2.48. The van der Waals surface area contributed by atoms with Gasteiger partial charge in [-0.15, -0.1) is 0 Å². The van der Waals surface area contributed by atoms with Gasteiger partial charge in [-0.25, -0.2) is 0 Å². The van der Waals surface area contributed by atoms with Gasteiger partial charge >= 0.3 is 0 Å². The van der Waals surface area contributed by atoms with Crippen LogP contribution < -0.4 is 4.74 Å². The summed E-state index contributed by atoms with van der Waals surface area (Å²) in [7, 11) is 1.63. The van der Waals surface area contributed by atoms with Gasteiger partial charge in [-0.2, -0.15) is 14.9 Å². The first-order chi connectivity index (χ1) is 8.76. The van der Waals surface area contributed by atoms with Crippen molar-refractivity contribution in [3.8, 4) is 5.75 Å². The number of para-hydroxylation sites is 1. The number of nitrogens with one attached hydrogen (secondary N) is 1. The average molecular weight is 262 g/mol. The second-order valence-corrected chi connectivity index (χ2v) is 3.98. The van der Waals surface area contributed by atoms with Crippen molar-refractivity contribution < 1.29 is 4.74 Å². The van der Waals surface area contributed by atoms with Crippen molar-refractivity contribution in [2.75, 3.05) is 7.11 Å². The fourth-order valence-corrected chi connectivity index (χ4v) is 1.76. The molecule has 0 unspecified atom stereocenters. The van der Waals surface area contributed by atoms with E-state index in [1.807, 2.05) is 31.2 Å². The van der Waals surface area contributed by atoms with Crippen LogP contribution in [-0.2, 0) is 6.42 Å². The predicted molar refractivity (Wildman–Crippen MR) is 72.8 cm³/mol. The molecule has 0 aliphatic carbocycles. The molecule has 0 amide bonds. The van der Waals surface area contributed by atoms with E-state index in [1.54, 1.807) is 18.0 Å². The lowest BCUT2D eigenvalue weighted by molar-refractivity contribution is 0.414. The number of hydrogen-bond acceptors (Lipinski definition) is 4. The molecule has 5 nitrogen and oxygen atoms in total. The summed E-state index contributed by atoms with van der Waals surface area (Å²) < 4.78 is 7.35. The zero-order chi connectivity index (χ0) is 13.0. The zero-order valence-corrected chi connectivity index (χ0v) is 11.1. The van der Waals surface area contributed by atoms with E-state index in [9.17, 15) is 0 Å². The molecule has 0 bridgehead atoms. The smallest absolute Gasteiger partial charge is 0.216 e. The van der Waals surface area contributed by atoms with Crippen LogP contribution in [0.1, 0.15) is 18.3 Å². The normalized spacial score (nSPS) is 11.0. The first-order valence-electron chi connectivity index (χ1n) is 5.60. The predicted octanol–water partition coefficient (Wildman–Crippen LogP) is 2.39. The Morgan fingerprint density at radius 3 is 3.00 bits per heavy atom. The van der Waals surface area contributed by atoms with Gasteiger partial charge in [0, 0.05) is 12.0 Å². The van der Waals surface area contributed by atoms with Crippen molar-refractivity contribution in [1.82, 2.24) is 14.9 Å². The minimum absolute atomic E-state index is 0.484. The molecule has 94 valence electrons. The number of methoxy groups -OCH3 is 1. The lowest BCUT2D eigenvalue weighted by Gasteiger charge is -2.03. The van der Waals surface area contributed by atoms with Gasteiger partial charge < -0.3 is 4.74 Å². The summed E-state index contributed by atoms with van der Waals surface area (Å²) in [6.45, 7) is 2.00. The molecule has 2 rings (SSSR count). The highest BCUT2D eigenvalue weighted by Gasteiger charge is 2.02.